The number of ether oxygens (including phenoxy) is 10. The maximum absolute atomic E-state index is 11.2. The minimum atomic E-state index is -4.24. The molecule has 5 rings (SSSR count). The molecule has 3 fully saturated rings. The van der Waals surface area contributed by atoms with Gasteiger partial charge in [0, 0.05) is 45.5 Å². The summed E-state index contributed by atoms with van der Waals surface area (Å²) < 4.78 is 69.9. The first-order chi connectivity index (χ1) is 32.7. The molecule has 3 aliphatic rings. The van der Waals surface area contributed by atoms with Crippen molar-refractivity contribution in [3.63, 3.8) is 0 Å². The summed E-state index contributed by atoms with van der Waals surface area (Å²) in [5.41, 5.74) is 2.43. The molecule has 23 nitrogen and oxygen atoms in total. The van der Waals surface area contributed by atoms with Crippen LogP contribution in [0.25, 0.3) is 10.7 Å². The molecule has 1 aliphatic carbocycles. The van der Waals surface area contributed by atoms with Crippen LogP contribution in [0.15, 0.2) is 17.5 Å². The van der Waals surface area contributed by atoms with Gasteiger partial charge < -0.3 is 82.3 Å². The second-order valence-electron chi connectivity index (χ2n) is 16.0. The fourth-order valence-electron chi connectivity index (χ4n) is 7.45. The third-order valence-corrected chi connectivity index (χ3v) is 11.3. The van der Waals surface area contributed by atoms with Gasteiger partial charge in [-0.15, -0.1) is 5.10 Å². The quantitative estimate of drug-likeness (QED) is 0.0317. The Morgan fingerprint density at radius 1 is 0.838 bits per heavy atom. The van der Waals surface area contributed by atoms with Crippen LogP contribution in [0.2, 0.25) is 0 Å². The molecule has 0 aromatic carbocycles. The summed E-state index contributed by atoms with van der Waals surface area (Å²) in [5, 5.41) is 32.7. The van der Waals surface area contributed by atoms with Gasteiger partial charge in [0.25, 0.3) is 0 Å². The van der Waals surface area contributed by atoms with Gasteiger partial charge in [0.05, 0.1) is 136 Å². The number of likely N-dealkylation sites (tertiary alicyclic amines) is 1. The van der Waals surface area contributed by atoms with Gasteiger partial charge in [-0.3, -0.25) is 9.66 Å². The molecule has 2 N–H and O–H groups in total. The Bertz CT molecular complexity index is 1710. The molecule has 68 heavy (non-hydrogen) atoms. The molecule has 1 saturated carbocycles. The molecule has 0 bridgehead atoms. The molecule has 4 heterocycles. The number of hydrogen-bond donors (Lipinski definition) is 2. The Morgan fingerprint density at radius 3 is 1.97 bits per heavy atom. The zero-order valence-corrected chi connectivity index (χ0v) is 44.4. The van der Waals surface area contributed by atoms with Crippen molar-refractivity contribution in [2.75, 3.05) is 139 Å². The van der Waals surface area contributed by atoms with E-state index in [0.29, 0.717) is 136 Å². The van der Waals surface area contributed by atoms with Crippen LogP contribution >= 0.6 is 7.60 Å². The van der Waals surface area contributed by atoms with Crippen LogP contribution in [0.1, 0.15) is 83.2 Å². The van der Waals surface area contributed by atoms with Gasteiger partial charge in [-0.25, -0.2) is 4.68 Å². The van der Waals surface area contributed by atoms with E-state index in [4.69, 9.17) is 62.0 Å². The van der Waals surface area contributed by atoms with Crippen LogP contribution in [0.5, 0.6) is 0 Å². The second kappa shape index (κ2) is 35.1. The maximum Gasteiger partial charge on any atom is 0.350 e. The van der Waals surface area contributed by atoms with Crippen molar-refractivity contribution >= 4 is 25.0 Å². The zero-order valence-electron chi connectivity index (χ0n) is 40.7. The van der Waals surface area contributed by atoms with Gasteiger partial charge in [0.1, 0.15) is 18.6 Å². The van der Waals surface area contributed by atoms with E-state index in [-0.39, 0.29) is 56.7 Å². The number of oxime groups is 1. The topological polar surface area (TPSA) is 260 Å². The Kier molecular flexibility index (Phi) is 31.1. The maximum atomic E-state index is 11.2. The Balaban J connectivity index is 0.00000403. The SMILES string of the molecule is CC.CCCOCCOCCOCCOCCn1cc(COCCOCCOCCOCCON=C2CCC3(CC2)CN(C(=[N-])c2cnn(C4CCC(COCP(=O)(O)O)O4)c2[N-]C)C3)nn1.[Y]. The summed E-state index contributed by atoms with van der Waals surface area (Å²) in [7, 11) is -2.60. The molecule has 2 saturated heterocycles. The van der Waals surface area contributed by atoms with Crippen LogP contribution < -0.4 is 0 Å². The molecule has 25 heteroatoms. The third kappa shape index (κ3) is 23.0. The first-order valence-corrected chi connectivity index (χ1v) is 25.4. The first kappa shape index (κ1) is 60.2. The van der Waals surface area contributed by atoms with Gasteiger partial charge >= 0.3 is 7.60 Å². The van der Waals surface area contributed by atoms with E-state index in [1.165, 1.54) is 0 Å². The molecule has 2 aliphatic heterocycles. The van der Waals surface area contributed by atoms with Crippen molar-refractivity contribution in [2.24, 2.45) is 10.6 Å². The average Bonchev–Trinajstić information content (AvgIpc) is 4.09. The number of aromatic nitrogens is 5. The molecule has 1 spiro atoms. The van der Waals surface area contributed by atoms with Gasteiger partial charge in [-0.05, 0) is 74.8 Å². The van der Waals surface area contributed by atoms with Crippen molar-refractivity contribution < 1.29 is 99.3 Å². The van der Waals surface area contributed by atoms with E-state index in [2.05, 4.69) is 32.8 Å². The van der Waals surface area contributed by atoms with E-state index in [1.54, 1.807) is 22.6 Å². The van der Waals surface area contributed by atoms with Crippen molar-refractivity contribution in [1.29, 1.82) is 0 Å². The summed E-state index contributed by atoms with van der Waals surface area (Å²) in [6.07, 6.45) is 7.95. The van der Waals surface area contributed by atoms with Gasteiger partial charge in [0.15, 0.2) is 0 Å². The third-order valence-electron chi connectivity index (χ3n) is 10.8. The van der Waals surface area contributed by atoms with E-state index < -0.39 is 20.2 Å². The van der Waals surface area contributed by atoms with Gasteiger partial charge in [-0.1, -0.05) is 44.0 Å². The Morgan fingerprint density at radius 2 is 1.40 bits per heavy atom. The largest absolute Gasteiger partial charge is 0.467 e. The molecule has 2 atom stereocenters. The predicted molar refractivity (Wildman–Crippen MR) is 248 cm³/mol. The van der Waals surface area contributed by atoms with Crippen LogP contribution in [-0.4, -0.2) is 196 Å². The average molecular weight is 1060 g/mol. The summed E-state index contributed by atoms with van der Waals surface area (Å²) >= 11 is 0. The van der Waals surface area contributed by atoms with Gasteiger partial charge in [0.2, 0.25) is 0 Å². The Hall–Kier alpha value is -2.06. The van der Waals surface area contributed by atoms with Crippen molar-refractivity contribution in [2.45, 2.75) is 91.2 Å². The summed E-state index contributed by atoms with van der Waals surface area (Å²) in [6, 6.07) is 0. The molecule has 2 aromatic rings. The Labute approximate surface area is 426 Å². The second-order valence-corrected chi connectivity index (χ2v) is 17.6. The van der Waals surface area contributed by atoms with Crippen LogP contribution in [0.4, 0.5) is 5.82 Å². The fraction of sp³-hybridized carbons (Fsp3) is 0.837. The molecular weight excluding hydrogens is 986 g/mol. The molecular formula is C43H76N9O14PY-2. The molecule has 2 unspecified atom stereocenters. The number of rotatable bonds is 36. The van der Waals surface area contributed by atoms with Crippen molar-refractivity contribution in [1.82, 2.24) is 29.7 Å². The fourth-order valence-corrected chi connectivity index (χ4v) is 7.79. The van der Waals surface area contributed by atoms with E-state index in [9.17, 15) is 9.97 Å². The monoisotopic (exact) mass is 1060 g/mol. The summed E-state index contributed by atoms with van der Waals surface area (Å²) in [6.45, 7) is 16.6. The minimum absolute atomic E-state index is 0. The summed E-state index contributed by atoms with van der Waals surface area (Å²) in [4.78, 5) is 25.5. The number of amidine groups is 1. The van der Waals surface area contributed by atoms with Crippen LogP contribution in [-0.2, 0) is 103 Å². The minimum Gasteiger partial charge on any atom is -0.467 e. The smallest absolute Gasteiger partial charge is 0.350 e. The molecule has 387 valence electrons. The molecule has 0 amide bonds. The van der Waals surface area contributed by atoms with E-state index in [1.807, 2.05) is 24.9 Å². The van der Waals surface area contributed by atoms with Crippen molar-refractivity contribution in [3.8, 4) is 0 Å². The zero-order chi connectivity index (χ0) is 48.0. The molecule has 2 aromatic heterocycles. The van der Waals surface area contributed by atoms with E-state index in [0.717, 1.165) is 63.2 Å². The van der Waals surface area contributed by atoms with Crippen molar-refractivity contribution in [3.05, 3.63) is 34.4 Å². The van der Waals surface area contributed by atoms with Crippen LogP contribution in [0.3, 0.4) is 0 Å². The van der Waals surface area contributed by atoms with Gasteiger partial charge in [-0.2, -0.15) is 0 Å². The predicted octanol–water partition coefficient (Wildman–Crippen LogP) is 4.27. The number of hydrogen-bond acceptors (Lipinski definition) is 16. The standard InChI is InChI=1S/C41H70N9O14P.C2H6.Y/c1-3-11-54-13-15-56-17-18-57-16-14-55-12-10-49-28-35(45-47-49)29-61-24-23-59-20-19-58-21-22-60-25-26-63-46-34-6-8-41(9-7-34)31-48(32-41)39(42)37-27-44-50(40(37)43-2)38-5-4-36(64-38)30-62-33-65(51,52)53;1-2;/h27-28,36,38H,3-26,29-33H2,1-2H3,(H2,51,52,53);1-2H3;/q-2;;. The first-order valence-electron chi connectivity index (χ1n) is 23.6. The van der Waals surface area contributed by atoms with E-state index >= 15 is 0 Å². The molecule has 1 radical (unpaired) electrons. The number of nitrogens with zero attached hydrogens (tertiary/aromatic N) is 9. The van der Waals surface area contributed by atoms with Crippen LogP contribution in [0, 0.1) is 5.41 Å². The normalized spacial score (nSPS) is 17.7. The summed E-state index contributed by atoms with van der Waals surface area (Å²) in [5.74, 6) is 0.648.